The first-order valence-corrected chi connectivity index (χ1v) is 7.80. The molecular formula is C16H23N3O2. The van der Waals surface area contributed by atoms with Gasteiger partial charge in [-0.3, -0.25) is 0 Å². The second kappa shape index (κ2) is 6.43. The first kappa shape index (κ1) is 14.3. The van der Waals surface area contributed by atoms with E-state index in [1.807, 2.05) is 6.07 Å². The van der Waals surface area contributed by atoms with Gasteiger partial charge in [0.15, 0.2) is 0 Å². The van der Waals surface area contributed by atoms with Gasteiger partial charge in [-0.1, -0.05) is 0 Å². The molecule has 0 aromatic carbocycles. The maximum absolute atomic E-state index is 11.6. The number of ether oxygens (including phenoxy) is 1. The van der Waals surface area contributed by atoms with Gasteiger partial charge in [-0.2, -0.15) is 0 Å². The number of nitrogens with one attached hydrogen (secondary N) is 1. The van der Waals surface area contributed by atoms with E-state index in [-0.39, 0.29) is 5.97 Å². The Bertz CT molecular complexity index is 492. The molecular weight excluding hydrogens is 266 g/mol. The third-order valence-corrected chi connectivity index (χ3v) is 4.70. The number of hydrogen-bond donors (Lipinski definition) is 1. The Labute approximate surface area is 125 Å². The summed E-state index contributed by atoms with van der Waals surface area (Å²) in [6.07, 6.45) is 6.71. The third-order valence-electron chi connectivity index (χ3n) is 4.70. The molecule has 3 heterocycles. The van der Waals surface area contributed by atoms with E-state index in [9.17, 15) is 4.79 Å². The van der Waals surface area contributed by atoms with Crippen molar-refractivity contribution in [2.75, 3.05) is 31.6 Å². The average molecular weight is 289 g/mol. The molecule has 2 aliphatic rings. The Hall–Kier alpha value is -1.62. The van der Waals surface area contributed by atoms with Gasteiger partial charge in [0.1, 0.15) is 5.82 Å². The number of hydrogen-bond acceptors (Lipinski definition) is 5. The Morgan fingerprint density at radius 2 is 2.19 bits per heavy atom. The van der Waals surface area contributed by atoms with Crippen LogP contribution < -0.4 is 10.2 Å². The number of carbonyl (C=O) groups is 1. The molecule has 0 radical (unpaired) electrons. The molecule has 2 saturated heterocycles. The number of methoxy groups -OCH3 is 1. The molecule has 1 aromatic rings. The minimum absolute atomic E-state index is 0.302. The Kier molecular flexibility index (Phi) is 4.39. The highest BCUT2D eigenvalue weighted by Crippen LogP contribution is 2.27. The van der Waals surface area contributed by atoms with Crippen molar-refractivity contribution in [3.8, 4) is 0 Å². The molecule has 2 fully saturated rings. The Morgan fingerprint density at radius 3 is 2.86 bits per heavy atom. The molecule has 0 aliphatic carbocycles. The van der Waals surface area contributed by atoms with Gasteiger partial charge in [0.05, 0.1) is 12.7 Å². The maximum Gasteiger partial charge on any atom is 0.338 e. The fourth-order valence-corrected chi connectivity index (χ4v) is 3.48. The number of nitrogens with zero attached hydrogens (tertiary/aromatic N) is 2. The number of pyridine rings is 1. The van der Waals surface area contributed by atoms with Crippen molar-refractivity contribution in [3.63, 3.8) is 0 Å². The van der Waals surface area contributed by atoms with E-state index in [1.54, 1.807) is 12.3 Å². The van der Waals surface area contributed by atoms with Crippen molar-refractivity contribution in [1.29, 1.82) is 0 Å². The zero-order chi connectivity index (χ0) is 14.7. The van der Waals surface area contributed by atoms with Gasteiger partial charge in [0.2, 0.25) is 0 Å². The minimum atomic E-state index is -0.302. The lowest BCUT2D eigenvalue weighted by Crippen LogP contribution is -2.41. The van der Waals surface area contributed by atoms with E-state index in [0.29, 0.717) is 11.6 Å². The van der Waals surface area contributed by atoms with E-state index in [4.69, 9.17) is 4.74 Å². The summed E-state index contributed by atoms with van der Waals surface area (Å²) < 4.78 is 4.77. The van der Waals surface area contributed by atoms with Crippen molar-refractivity contribution in [3.05, 3.63) is 23.9 Å². The van der Waals surface area contributed by atoms with Crippen LogP contribution in [0.5, 0.6) is 0 Å². The molecule has 0 saturated carbocycles. The molecule has 1 aromatic heterocycles. The first-order chi connectivity index (χ1) is 10.3. The van der Waals surface area contributed by atoms with Gasteiger partial charge in [0.25, 0.3) is 0 Å². The van der Waals surface area contributed by atoms with E-state index >= 15 is 0 Å². The van der Waals surface area contributed by atoms with Crippen LogP contribution in [0.25, 0.3) is 0 Å². The van der Waals surface area contributed by atoms with Crippen LogP contribution in [0.4, 0.5) is 5.82 Å². The zero-order valence-corrected chi connectivity index (χ0v) is 12.5. The van der Waals surface area contributed by atoms with Crippen molar-refractivity contribution in [2.45, 2.75) is 31.7 Å². The van der Waals surface area contributed by atoms with Crippen molar-refractivity contribution in [2.24, 2.45) is 5.92 Å². The third kappa shape index (κ3) is 3.18. The highest BCUT2D eigenvalue weighted by molar-refractivity contribution is 5.90. The summed E-state index contributed by atoms with van der Waals surface area (Å²) in [5, 5.41) is 3.62. The number of piperidine rings is 1. The second-order valence-corrected chi connectivity index (χ2v) is 5.92. The van der Waals surface area contributed by atoms with Crippen molar-refractivity contribution in [1.82, 2.24) is 10.3 Å². The first-order valence-electron chi connectivity index (χ1n) is 7.80. The lowest BCUT2D eigenvalue weighted by molar-refractivity contribution is 0.0600. The van der Waals surface area contributed by atoms with Gasteiger partial charge >= 0.3 is 5.97 Å². The zero-order valence-electron chi connectivity index (χ0n) is 12.5. The molecule has 114 valence electrons. The average Bonchev–Trinajstić information content (AvgIpc) is 3.09. The summed E-state index contributed by atoms with van der Waals surface area (Å²) in [6.45, 7) is 3.20. The standard InChI is InChI=1S/C16H23N3O2/c1-21-16(20)13-4-8-18-15(11-13)19-9-5-12(6-10-19)14-3-2-7-17-14/h4,8,11-12,14,17H,2-3,5-7,9-10H2,1H3. The summed E-state index contributed by atoms with van der Waals surface area (Å²) in [7, 11) is 1.41. The fraction of sp³-hybridized carbons (Fsp3) is 0.625. The molecule has 3 rings (SSSR count). The van der Waals surface area contributed by atoms with E-state index in [0.717, 1.165) is 24.8 Å². The predicted molar refractivity (Wildman–Crippen MR) is 81.5 cm³/mol. The van der Waals surface area contributed by atoms with Crippen LogP contribution in [0.1, 0.15) is 36.0 Å². The van der Waals surface area contributed by atoms with Crippen molar-refractivity contribution < 1.29 is 9.53 Å². The summed E-state index contributed by atoms with van der Waals surface area (Å²) in [6, 6.07) is 4.24. The van der Waals surface area contributed by atoms with Gasteiger partial charge < -0.3 is 15.0 Å². The van der Waals surface area contributed by atoms with Crippen LogP contribution in [0, 0.1) is 5.92 Å². The summed E-state index contributed by atoms with van der Waals surface area (Å²) in [5.74, 6) is 1.37. The molecule has 21 heavy (non-hydrogen) atoms. The van der Waals surface area contributed by atoms with Crippen LogP contribution in [-0.2, 0) is 4.74 Å². The molecule has 0 spiro atoms. The molecule has 1 N–H and O–H groups in total. The van der Waals surface area contributed by atoms with Crippen LogP contribution in [0.15, 0.2) is 18.3 Å². The fourth-order valence-electron chi connectivity index (χ4n) is 3.48. The van der Waals surface area contributed by atoms with Crippen molar-refractivity contribution >= 4 is 11.8 Å². The topological polar surface area (TPSA) is 54.5 Å². The van der Waals surface area contributed by atoms with Crippen LogP contribution in [0.3, 0.4) is 0 Å². The molecule has 5 heteroatoms. The maximum atomic E-state index is 11.6. The van der Waals surface area contributed by atoms with Crippen LogP contribution >= 0.6 is 0 Å². The van der Waals surface area contributed by atoms with Gasteiger partial charge in [-0.05, 0) is 50.3 Å². The number of anilines is 1. The van der Waals surface area contributed by atoms with E-state index in [2.05, 4.69) is 15.2 Å². The van der Waals surface area contributed by atoms with Gasteiger partial charge in [-0.15, -0.1) is 0 Å². The lowest BCUT2D eigenvalue weighted by atomic mass is 9.88. The lowest BCUT2D eigenvalue weighted by Gasteiger charge is -2.35. The van der Waals surface area contributed by atoms with Gasteiger partial charge in [-0.25, -0.2) is 9.78 Å². The molecule has 5 nitrogen and oxygen atoms in total. The number of carbonyl (C=O) groups excluding carboxylic acids is 1. The summed E-state index contributed by atoms with van der Waals surface area (Å²) in [5.41, 5.74) is 0.571. The number of esters is 1. The quantitative estimate of drug-likeness (QED) is 0.861. The highest BCUT2D eigenvalue weighted by Gasteiger charge is 2.28. The summed E-state index contributed by atoms with van der Waals surface area (Å²) >= 11 is 0. The van der Waals surface area contributed by atoms with Crippen LogP contribution in [-0.4, -0.2) is 43.7 Å². The van der Waals surface area contributed by atoms with Gasteiger partial charge in [0, 0.05) is 25.3 Å². The highest BCUT2D eigenvalue weighted by atomic mass is 16.5. The molecule has 1 unspecified atom stereocenters. The van der Waals surface area contributed by atoms with E-state index < -0.39 is 0 Å². The number of rotatable bonds is 3. The normalized spacial score (nSPS) is 23.3. The van der Waals surface area contributed by atoms with Crippen LogP contribution in [0.2, 0.25) is 0 Å². The second-order valence-electron chi connectivity index (χ2n) is 5.92. The summed E-state index contributed by atoms with van der Waals surface area (Å²) in [4.78, 5) is 18.3. The monoisotopic (exact) mass is 289 g/mol. The van der Waals surface area contributed by atoms with E-state index in [1.165, 1.54) is 39.3 Å². The molecule has 0 bridgehead atoms. The molecule has 1 atom stereocenters. The largest absolute Gasteiger partial charge is 0.465 e. The minimum Gasteiger partial charge on any atom is -0.465 e. The number of aromatic nitrogens is 1. The predicted octanol–water partition coefficient (Wildman–Crippen LogP) is 1.84. The SMILES string of the molecule is COC(=O)c1ccnc(N2CCC(C3CCCN3)CC2)c1. The molecule has 2 aliphatic heterocycles. The molecule has 0 amide bonds. The smallest absolute Gasteiger partial charge is 0.338 e. The Balaban J connectivity index is 1.62. The Morgan fingerprint density at radius 1 is 1.38 bits per heavy atom.